The van der Waals surface area contributed by atoms with E-state index < -0.39 is 24.5 Å². The molecule has 0 aromatic rings. The Hall–Kier alpha value is -0.910. The third kappa shape index (κ3) is 3.00. The predicted molar refractivity (Wildman–Crippen MR) is 45.3 cm³/mol. The molecule has 0 aliphatic rings. The van der Waals surface area contributed by atoms with Crippen molar-refractivity contribution in [2.45, 2.75) is 0 Å². The maximum Gasteiger partial charge on any atom is 0.363 e. The van der Waals surface area contributed by atoms with Crippen LogP contribution < -0.4 is 0 Å². The Bertz CT molecular complexity index is 271. The van der Waals surface area contributed by atoms with E-state index in [1.54, 1.807) is 0 Å². The fourth-order valence-electron chi connectivity index (χ4n) is 0.408. The summed E-state index contributed by atoms with van der Waals surface area (Å²) in [6.45, 7) is 0. The average molecular weight is 241 g/mol. The third-order valence-electron chi connectivity index (χ3n) is 0.901. The highest BCUT2D eigenvalue weighted by Crippen LogP contribution is 1.91. The molecule has 0 bridgehead atoms. The van der Waals surface area contributed by atoms with Gasteiger partial charge in [0.15, 0.2) is 0 Å². The minimum Gasteiger partial charge on any atom is -0.464 e. The van der Waals surface area contributed by atoms with Crippen LogP contribution in [0.3, 0.4) is 0 Å². The number of carbonyl (C=O) groups excluding carboxylic acids is 2. The van der Waals surface area contributed by atoms with Crippen LogP contribution in [0, 0.1) is 0 Å². The molecule has 0 saturated carbocycles. The van der Waals surface area contributed by atoms with Gasteiger partial charge in [0.2, 0.25) is 11.5 Å². The summed E-state index contributed by atoms with van der Waals surface area (Å²) >= 11 is 2.80. The fourth-order valence-corrected chi connectivity index (χ4v) is 0.673. The average Bonchev–Trinajstić information content (AvgIpc) is 2.15. The number of rotatable bonds is 4. The van der Waals surface area contributed by atoms with Crippen LogP contribution in [0.4, 0.5) is 0 Å². The van der Waals surface area contributed by atoms with E-state index in [0.717, 1.165) is 7.11 Å². The van der Waals surface area contributed by atoms with Crippen LogP contribution in [0.2, 0.25) is 0 Å². The first-order valence-corrected chi connectivity index (χ1v) is 3.87. The number of methoxy groups -OCH3 is 1. The summed E-state index contributed by atoms with van der Waals surface area (Å²) in [7, 11) is -1.78. The van der Waals surface area contributed by atoms with Gasteiger partial charge in [0.05, 0.1) is 16.6 Å². The van der Waals surface area contributed by atoms with Gasteiger partial charge in [0.25, 0.3) is 0 Å². The van der Waals surface area contributed by atoms with E-state index in [4.69, 9.17) is 4.11 Å². The van der Waals surface area contributed by atoms with Crippen LogP contribution in [0.25, 0.3) is 0 Å². The van der Waals surface area contributed by atoms with Gasteiger partial charge in [-0.25, -0.2) is 4.79 Å². The van der Waals surface area contributed by atoms with E-state index in [0.29, 0.717) is 0 Å². The number of alkyl halides is 1. The van der Waals surface area contributed by atoms with E-state index in [1.165, 1.54) is 0 Å². The van der Waals surface area contributed by atoms with Crippen molar-refractivity contribution in [2.75, 3.05) is 19.5 Å². The Morgan fingerprint density at radius 2 is 2.33 bits per heavy atom. The first-order valence-electron chi connectivity index (χ1n) is 4.25. The molecule has 68 valence electrons. The van der Waals surface area contributed by atoms with Gasteiger partial charge in [-0.3, -0.25) is 4.79 Å². The van der Waals surface area contributed by atoms with Crippen molar-refractivity contribution in [1.29, 1.82) is 0 Å². The molecule has 0 heterocycles. The van der Waals surface area contributed by atoms with Gasteiger partial charge in [-0.15, -0.1) is 0 Å². The Kier molecular flexibility index (Phi) is 3.13. The molecule has 0 aliphatic carbocycles. The van der Waals surface area contributed by atoms with Crippen molar-refractivity contribution in [3.8, 4) is 0 Å². The lowest BCUT2D eigenvalue weighted by molar-refractivity contribution is -0.133. The number of carbonyl (C=O) groups is 2. The SMILES string of the molecule is [2H]C([2H])([2H])O/N=C(/C(=O)CBr)C(=O)OC. The van der Waals surface area contributed by atoms with Gasteiger partial charge >= 0.3 is 5.97 Å². The smallest absolute Gasteiger partial charge is 0.363 e. The molecule has 12 heavy (non-hydrogen) atoms. The zero-order valence-electron chi connectivity index (χ0n) is 9.17. The Labute approximate surface area is 82.0 Å². The summed E-state index contributed by atoms with van der Waals surface area (Å²) in [6, 6.07) is 0. The second-order valence-electron chi connectivity index (χ2n) is 1.58. The highest BCUT2D eigenvalue weighted by atomic mass is 79.9. The molecule has 0 aliphatic heterocycles. The lowest BCUT2D eigenvalue weighted by Crippen LogP contribution is -2.26. The number of ether oxygens (including phenoxy) is 1. The molecular weight excluding hydrogens is 230 g/mol. The molecule has 0 spiro atoms. The Morgan fingerprint density at radius 1 is 1.67 bits per heavy atom. The predicted octanol–water partition coefficient (Wildman–Crippen LogP) is 0.126. The summed E-state index contributed by atoms with van der Waals surface area (Å²) < 4.78 is 24.2. The van der Waals surface area contributed by atoms with Gasteiger partial charge in [-0.05, 0) is 0 Å². The van der Waals surface area contributed by atoms with Crippen LogP contribution >= 0.6 is 15.9 Å². The van der Waals surface area contributed by atoms with Crippen LogP contribution in [0.1, 0.15) is 4.11 Å². The number of hydrogen-bond acceptors (Lipinski definition) is 5. The summed E-state index contributed by atoms with van der Waals surface area (Å²) in [4.78, 5) is 26.0. The normalized spacial score (nSPS) is 15.5. The van der Waals surface area contributed by atoms with Gasteiger partial charge in [0, 0.05) is 0 Å². The van der Waals surface area contributed by atoms with Crippen molar-refractivity contribution in [1.82, 2.24) is 0 Å². The van der Waals surface area contributed by atoms with E-state index >= 15 is 0 Å². The quantitative estimate of drug-likeness (QED) is 0.230. The maximum absolute atomic E-state index is 11.1. The number of ketones is 1. The summed E-state index contributed by atoms with van der Waals surface area (Å²) in [5.74, 6) is -1.78. The molecule has 0 N–H and O–H groups in total. The Balaban J connectivity index is 4.79. The molecule has 0 unspecified atom stereocenters. The molecule has 6 heteroatoms. The molecule has 5 nitrogen and oxygen atoms in total. The lowest BCUT2D eigenvalue weighted by atomic mass is 10.3. The van der Waals surface area contributed by atoms with E-state index in [2.05, 4.69) is 30.7 Å². The molecule has 0 amide bonds. The van der Waals surface area contributed by atoms with Crippen LogP contribution in [-0.4, -0.2) is 36.9 Å². The number of oxime groups is 1. The van der Waals surface area contributed by atoms with Gasteiger partial charge in [-0.1, -0.05) is 21.1 Å². The molecular formula is C6H8BrNO4. The first-order chi connectivity index (χ1) is 6.81. The number of hydrogen-bond donors (Lipinski definition) is 0. The second kappa shape index (κ2) is 5.70. The van der Waals surface area contributed by atoms with Crippen LogP contribution in [0.15, 0.2) is 5.16 Å². The standard InChI is InChI=1S/C6H8BrNO4/c1-11-6(10)5(8-12-2)4(9)3-7/h3H2,1-2H3/b8-5-/i2D3. The molecule has 0 atom stereocenters. The maximum atomic E-state index is 11.1. The van der Waals surface area contributed by atoms with Crippen LogP contribution in [0.5, 0.6) is 0 Å². The van der Waals surface area contributed by atoms with E-state index in [9.17, 15) is 9.59 Å². The summed E-state index contributed by atoms with van der Waals surface area (Å²) in [5, 5.41) is 2.75. The molecule has 0 radical (unpaired) electrons. The van der Waals surface area contributed by atoms with Gasteiger partial charge < -0.3 is 9.57 Å². The third-order valence-corrected chi connectivity index (χ3v) is 1.41. The highest BCUT2D eigenvalue weighted by Gasteiger charge is 2.20. The van der Waals surface area contributed by atoms with E-state index in [1.807, 2.05) is 0 Å². The van der Waals surface area contributed by atoms with Crippen molar-refractivity contribution >= 4 is 33.4 Å². The van der Waals surface area contributed by atoms with E-state index in [-0.39, 0.29) is 5.33 Å². The highest BCUT2D eigenvalue weighted by molar-refractivity contribution is 9.09. The monoisotopic (exact) mass is 240 g/mol. The first kappa shape index (κ1) is 6.59. The van der Waals surface area contributed by atoms with Crippen molar-refractivity contribution in [3.63, 3.8) is 0 Å². The minimum atomic E-state index is -2.81. The summed E-state index contributed by atoms with van der Waals surface area (Å²) in [6.07, 6.45) is 0. The van der Waals surface area contributed by atoms with Crippen LogP contribution in [-0.2, 0) is 19.2 Å². The number of Topliss-reactive ketones (excluding diaryl/α,β-unsaturated/α-hetero) is 1. The second-order valence-corrected chi connectivity index (χ2v) is 2.14. The zero-order chi connectivity index (χ0) is 12.1. The van der Waals surface area contributed by atoms with Gasteiger partial charge in [-0.2, -0.15) is 0 Å². The zero-order valence-corrected chi connectivity index (χ0v) is 7.75. The number of halogens is 1. The molecule has 0 aromatic carbocycles. The lowest BCUT2D eigenvalue weighted by Gasteiger charge is -1.98. The van der Waals surface area contributed by atoms with Crippen molar-refractivity contribution in [3.05, 3.63) is 0 Å². The molecule has 0 aromatic heterocycles. The Morgan fingerprint density at radius 3 is 2.75 bits per heavy atom. The molecule has 0 saturated heterocycles. The minimum absolute atomic E-state index is 0.189. The fraction of sp³-hybridized carbons (Fsp3) is 0.500. The topological polar surface area (TPSA) is 65.0 Å². The van der Waals surface area contributed by atoms with Gasteiger partial charge in [0.1, 0.15) is 7.04 Å². The number of nitrogens with zero attached hydrogens (tertiary/aromatic N) is 1. The molecule has 0 rings (SSSR count). The largest absolute Gasteiger partial charge is 0.464 e. The molecule has 0 fully saturated rings. The van der Waals surface area contributed by atoms with Crippen molar-refractivity contribution in [2.24, 2.45) is 5.16 Å². The van der Waals surface area contributed by atoms with Crippen molar-refractivity contribution < 1.29 is 23.3 Å². The number of esters is 1. The summed E-state index contributed by atoms with van der Waals surface area (Å²) in [5.41, 5.74) is -0.703.